The number of hydrogen-bond donors (Lipinski definition) is 2. The second-order valence-electron chi connectivity index (χ2n) is 7.91. The summed E-state index contributed by atoms with van der Waals surface area (Å²) in [5.74, 6) is -1.76. The molecule has 0 unspecified atom stereocenters. The van der Waals surface area contributed by atoms with E-state index >= 15 is 0 Å². The Balaban J connectivity index is 0.000000275. The molecule has 0 atom stereocenters. The number of nitrogens with zero attached hydrogens (tertiary/aromatic N) is 4. The quantitative estimate of drug-likeness (QED) is 0.196. The molecule has 15 heteroatoms. The first-order chi connectivity index (χ1) is 20.7. The van der Waals surface area contributed by atoms with Gasteiger partial charge >= 0.3 is 47.3 Å². The molecule has 2 N–H and O–H groups in total. The Morgan fingerprint density at radius 1 is 0.605 bits per heavy atom. The van der Waals surface area contributed by atoms with Gasteiger partial charge in [-0.3, -0.25) is 29.5 Å². The van der Waals surface area contributed by atoms with E-state index in [1.165, 1.54) is 87.5 Å². The SMILES string of the molecule is COC(=O)c1ccnc(-c2cc(C(=O)CO)ccn2)c1.COC(=O)c1ccnc(-c2cc(C(=O)CO)ccn2)c1.[Cl][Pt][Cl]. The molecule has 0 aromatic carbocycles. The van der Waals surface area contributed by atoms with Gasteiger partial charge < -0.3 is 19.7 Å². The van der Waals surface area contributed by atoms with Crippen LogP contribution in [0.4, 0.5) is 0 Å². The van der Waals surface area contributed by atoms with Crippen molar-refractivity contribution in [3.8, 4) is 22.8 Å². The second kappa shape index (κ2) is 18.6. The summed E-state index contributed by atoms with van der Waals surface area (Å²) in [5, 5.41) is 17.7. The van der Waals surface area contributed by atoms with Gasteiger partial charge in [0.2, 0.25) is 0 Å². The molecular weight excluding hydrogens is 786 g/mol. The average molecular weight is 811 g/mol. The zero-order valence-electron chi connectivity index (χ0n) is 22.5. The van der Waals surface area contributed by atoms with Crippen LogP contribution in [-0.4, -0.2) is 81.1 Å². The minimum absolute atomic E-state index is 0.336. The molecule has 4 aromatic rings. The fourth-order valence-corrected chi connectivity index (χ4v) is 3.30. The van der Waals surface area contributed by atoms with Crippen molar-refractivity contribution in [1.82, 2.24) is 19.9 Å². The number of esters is 2. The summed E-state index contributed by atoms with van der Waals surface area (Å²) in [4.78, 5) is 62.2. The Morgan fingerprint density at radius 2 is 0.860 bits per heavy atom. The summed E-state index contributed by atoms with van der Waals surface area (Å²) < 4.78 is 9.26. The number of rotatable bonds is 8. The molecular formula is C28H24Cl2N4O8Pt. The van der Waals surface area contributed by atoms with E-state index in [-0.39, 0.29) is 0 Å². The predicted octanol–water partition coefficient (Wildman–Crippen LogP) is 3.59. The van der Waals surface area contributed by atoms with E-state index in [4.69, 9.17) is 29.0 Å². The summed E-state index contributed by atoms with van der Waals surface area (Å²) in [6.07, 6.45) is 5.82. The molecule has 0 aliphatic rings. The molecule has 0 spiro atoms. The van der Waals surface area contributed by atoms with Gasteiger partial charge in [0.25, 0.3) is 0 Å². The molecule has 4 heterocycles. The fraction of sp³-hybridized carbons (Fsp3) is 0.143. The zero-order chi connectivity index (χ0) is 31.8. The van der Waals surface area contributed by atoms with E-state index in [9.17, 15) is 19.2 Å². The molecule has 4 aromatic heterocycles. The van der Waals surface area contributed by atoms with E-state index in [0.717, 1.165) is 0 Å². The number of aromatic nitrogens is 4. The Kier molecular flexibility index (Phi) is 15.2. The molecule has 43 heavy (non-hydrogen) atoms. The van der Waals surface area contributed by atoms with Gasteiger partial charge in [-0.2, -0.15) is 0 Å². The minimum atomic E-state index is -0.570. The van der Waals surface area contributed by atoms with Gasteiger partial charge in [-0.15, -0.1) is 0 Å². The Hall–Kier alpha value is -3.93. The van der Waals surface area contributed by atoms with Gasteiger partial charge in [0.15, 0.2) is 11.6 Å². The van der Waals surface area contributed by atoms with E-state index < -0.39 is 53.2 Å². The molecule has 228 valence electrons. The van der Waals surface area contributed by atoms with Crippen molar-refractivity contribution in [3.63, 3.8) is 0 Å². The van der Waals surface area contributed by atoms with Crippen molar-refractivity contribution in [2.45, 2.75) is 0 Å². The normalized spacial score (nSPS) is 9.91. The molecule has 0 amide bonds. The maximum absolute atomic E-state index is 11.5. The first-order valence-corrected chi connectivity index (χ1v) is 17.5. The predicted molar refractivity (Wildman–Crippen MR) is 152 cm³/mol. The fourth-order valence-electron chi connectivity index (χ4n) is 3.30. The topological polar surface area (TPSA) is 179 Å². The van der Waals surface area contributed by atoms with Crippen molar-refractivity contribution in [2.24, 2.45) is 0 Å². The summed E-state index contributed by atoms with van der Waals surface area (Å²) in [5.41, 5.74) is 3.13. The Bertz CT molecular complexity index is 1350. The average Bonchev–Trinajstić information content (AvgIpc) is 3.07. The van der Waals surface area contributed by atoms with Crippen molar-refractivity contribution in [2.75, 3.05) is 27.4 Å². The second-order valence-corrected chi connectivity index (χ2v) is 11.2. The molecule has 12 nitrogen and oxygen atoms in total. The number of Topliss-reactive ketones (excluding diaryl/α,β-unsaturated/α-hetero) is 2. The number of carbonyl (C=O) groups excluding carboxylic acids is 4. The molecule has 4 rings (SSSR count). The first-order valence-electron chi connectivity index (χ1n) is 11.8. The molecule has 0 bridgehead atoms. The van der Waals surface area contributed by atoms with Crippen LogP contribution in [0.2, 0.25) is 0 Å². The third kappa shape index (κ3) is 10.7. The van der Waals surface area contributed by atoms with Crippen LogP contribution in [0.3, 0.4) is 0 Å². The summed E-state index contributed by atoms with van der Waals surface area (Å²) >= 11 is -0.472. The van der Waals surface area contributed by atoms with Crippen molar-refractivity contribution in [1.29, 1.82) is 0 Å². The van der Waals surface area contributed by atoms with Crippen LogP contribution in [-0.2, 0) is 26.0 Å². The van der Waals surface area contributed by atoms with Gasteiger partial charge in [-0.1, -0.05) is 0 Å². The summed E-state index contributed by atoms with van der Waals surface area (Å²) in [7, 11) is 12.3. The van der Waals surface area contributed by atoms with Crippen LogP contribution >= 0.6 is 18.8 Å². The van der Waals surface area contributed by atoms with E-state index in [0.29, 0.717) is 45.0 Å². The summed E-state index contributed by atoms with van der Waals surface area (Å²) in [6.45, 7) is -1.14. The van der Waals surface area contributed by atoms with E-state index in [1.807, 2.05) is 0 Å². The van der Waals surface area contributed by atoms with Crippen LogP contribution in [0.25, 0.3) is 22.8 Å². The number of aliphatic hydroxyl groups is 2. The Labute approximate surface area is 262 Å². The number of carbonyl (C=O) groups is 4. The van der Waals surface area contributed by atoms with Crippen molar-refractivity contribution in [3.05, 3.63) is 95.6 Å². The third-order valence-corrected chi connectivity index (χ3v) is 5.34. The number of halogens is 2. The molecule has 0 saturated heterocycles. The van der Waals surface area contributed by atoms with E-state index in [1.54, 1.807) is 0 Å². The van der Waals surface area contributed by atoms with Crippen LogP contribution < -0.4 is 0 Å². The number of pyridine rings is 4. The number of hydrogen-bond acceptors (Lipinski definition) is 12. The number of ketones is 2. The zero-order valence-corrected chi connectivity index (χ0v) is 26.3. The van der Waals surface area contributed by atoms with Gasteiger partial charge in [-0.05, 0) is 48.5 Å². The van der Waals surface area contributed by atoms with Crippen LogP contribution in [0.1, 0.15) is 41.4 Å². The molecule has 0 saturated carbocycles. The van der Waals surface area contributed by atoms with Gasteiger partial charge in [0.05, 0.1) is 48.1 Å². The van der Waals surface area contributed by atoms with E-state index in [2.05, 4.69) is 29.4 Å². The van der Waals surface area contributed by atoms with Crippen molar-refractivity contribution < 1.29 is 55.3 Å². The van der Waals surface area contributed by atoms with Gasteiger partial charge in [0, 0.05) is 35.9 Å². The first kappa shape index (κ1) is 35.3. The standard InChI is InChI=1S/2C14H12N2O4.2ClH.Pt/c2*1-20-14(19)10-3-5-16-12(7-10)11-6-9(2-4-15-11)13(18)8-17;;;/h2*2-7,17H,8H2,1H3;2*1H;/q;;;;+2/p-2. The number of methoxy groups -OCH3 is 2. The van der Waals surface area contributed by atoms with Crippen LogP contribution in [0.5, 0.6) is 0 Å². The van der Waals surface area contributed by atoms with Crippen molar-refractivity contribution >= 4 is 42.3 Å². The third-order valence-electron chi connectivity index (χ3n) is 5.34. The monoisotopic (exact) mass is 809 g/mol. The molecule has 0 fully saturated rings. The van der Waals surface area contributed by atoms with Crippen LogP contribution in [0.15, 0.2) is 73.3 Å². The van der Waals surface area contributed by atoms with Crippen LogP contribution in [0, 0.1) is 0 Å². The molecule has 0 aliphatic carbocycles. The molecule has 0 aliphatic heterocycles. The van der Waals surface area contributed by atoms with Gasteiger partial charge in [-0.25, -0.2) is 9.59 Å². The maximum atomic E-state index is 11.5. The summed E-state index contributed by atoms with van der Waals surface area (Å²) in [6, 6.07) is 12.2. The van der Waals surface area contributed by atoms with Gasteiger partial charge in [0.1, 0.15) is 13.2 Å². The number of ether oxygens (including phenoxy) is 2. The molecule has 0 radical (unpaired) electrons. The Morgan fingerprint density at radius 3 is 1.12 bits per heavy atom. The number of aliphatic hydroxyl groups excluding tert-OH is 2.